The molecule has 0 amide bonds. The molecule has 1 aliphatic rings. The van der Waals surface area contributed by atoms with Crippen molar-refractivity contribution in [2.45, 2.75) is 35.5 Å². The van der Waals surface area contributed by atoms with E-state index in [0.717, 1.165) is 24.3 Å². The number of hydrogen-bond donors (Lipinski definition) is 2. The first kappa shape index (κ1) is 15.2. The molecule has 0 aliphatic carbocycles. The van der Waals surface area contributed by atoms with Crippen LogP contribution in [0, 0.1) is 5.92 Å². The van der Waals surface area contributed by atoms with Gasteiger partial charge in [-0.3, -0.25) is 0 Å². The summed E-state index contributed by atoms with van der Waals surface area (Å²) in [6.45, 7) is 1.98. The Morgan fingerprint density at radius 1 is 1.26 bits per heavy atom. The largest absolute Gasteiger partial charge is 0.396 e. The van der Waals surface area contributed by atoms with E-state index in [1.807, 2.05) is 36.9 Å². The lowest BCUT2D eigenvalue weighted by Gasteiger charge is -2.42. The Labute approximate surface area is 124 Å². The summed E-state index contributed by atoms with van der Waals surface area (Å²) in [5, 5.41) is 20.0. The van der Waals surface area contributed by atoms with Crippen molar-refractivity contribution in [3.63, 3.8) is 0 Å². The maximum absolute atomic E-state index is 10.7. The van der Waals surface area contributed by atoms with Gasteiger partial charge in [-0.15, -0.1) is 11.8 Å². The lowest BCUT2D eigenvalue weighted by molar-refractivity contribution is 0.0424. The second kappa shape index (κ2) is 7.02. The zero-order valence-electron chi connectivity index (χ0n) is 11.3. The van der Waals surface area contributed by atoms with Crippen molar-refractivity contribution >= 4 is 23.5 Å². The number of benzene rings is 1. The maximum atomic E-state index is 10.7. The molecule has 0 radical (unpaired) electrons. The first-order valence-corrected chi connectivity index (χ1v) is 8.76. The van der Waals surface area contributed by atoms with E-state index in [0.29, 0.717) is 0 Å². The molecule has 0 spiro atoms. The number of thioether (sulfide) groups is 2. The van der Waals surface area contributed by atoms with Crippen LogP contribution < -0.4 is 0 Å². The summed E-state index contributed by atoms with van der Waals surface area (Å²) in [6.07, 6.45) is 1.55. The maximum Gasteiger partial charge on any atom is 0.0738 e. The van der Waals surface area contributed by atoms with Crippen molar-refractivity contribution < 1.29 is 10.2 Å². The molecule has 0 unspecified atom stereocenters. The van der Waals surface area contributed by atoms with E-state index < -0.39 is 6.10 Å². The molecule has 19 heavy (non-hydrogen) atoms. The average Bonchev–Trinajstić information content (AvgIpc) is 2.47. The van der Waals surface area contributed by atoms with Crippen molar-refractivity contribution in [1.82, 2.24) is 0 Å². The average molecular weight is 298 g/mol. The van der Waals surface area contributed by atoms with E-state index in [4.69, 9.17) is 0 Å². The lowest BCUT2D eigenvalue weighted by atomic mass is 9.87. The Morgan fingerprint density at radius 3 is 2.47 bits per heavy atom. The third kappa shape index (κ3) is 3.69. The van der Waals surface area contributed by atoms with Gasteiger partial charge in [-0.25, -0.2) is 0 Å². The molecule has 2 atom stereocenters. The highest BCUT2D eigenvalue weighted by Gasteiger charge is 2.42. The summed E-state index contributed by atoms with van der Waals surface area (Å²) in [4.78, 5) is 1.21. The van der Waals surface area contributed by atoms with E-state index in [2.05, 4.69) is 12.1 Å². The number of rotatable bonds is 5. The third-order valence-electron chi connectivity index (χ3n) is 3.77. The summed E-state index contributed by atoms with van der Waals surface area (Å²) >= 11 is 3.75. The van der Waals surface area contributed by atoms with Gasteiger partial charge in [0.05, 0.1) is 6.10 Å². The topological polar surface area (TPSA) is 40.5 Å². The van der Waals surface area contributed by atoms with Crippen molar-refractivity contribution in [2.24, 2.45) is 5.92 Å². The number of aliphatic hydroxyl groups is 2. The molecule has 1 saturated heterocycles. The molecule has 2 N–H and O–H groups in total. The second-order valence-corrected chi connectivity index (χ2v) is 7.91. The predicted molar refractivity (Wildman–Crippen MR) is 83.8 cm³/mol. The number of hydrogen-bond acceptors (Lipinski definition) is 4. The van der Waals surface area contributed by atoms with Crippen LogP contribution in [0.4, 0.5) is 0 Å². The summed E-state index contributed by atoms with van der Waals surface area (Å²) in [5.41, 5.74) is 0. The van der Waals surface area contributed by atoms with Gasteiger partial charge in [0, 0.05) is 22.2 Å². The van der Waals surface area contributed by atoms with Gasteiger partial charge in [0.15, 0.2) is 0 Å². The fourth-order valence-corrected chi connectivity index (χ4v) is 5.52. The Balaban J connectivity index is 2.19. The van der Waals surface area contributed by atoms with Gasteiger partial charge >= 0.3 is 0 Å². The highest BCUT2D eigenvalue weighted by Crippen LogP contribution is 2.46. The number of aliphatic hydroxyl groups excluding tert-OH is 2. The molecule has 2 rings (SSSR count). The Bertz CT molecular complexity index is 377. The van der Waals surface area contributed by atoms with Gasteiger partial charge in [0.25, 0.3) is 0 Å². The van der Waals surface area contributed by atoms with Crippen molar-refractivity contribution in [3.8, 4) is 0 Å². The molecule has 0 aromatic heterocycles. The van der Waals surface area contributed by atoms with E-state index in [9.17, 15) is 10.2 Å². The van der Waals surface area contributed by atoms with Crippen LogP contribution in [0.3, 0.4) is 0 Å². The van der Waals surface area contributed by atoms with Crippen LogP contribution in [-0.4, -0.2) is 39.2 Å². The van der Waals surface area contributed by atoms with Crippen LogP contribution in [-0.2, 0) is 0 Å². The molecule has 0 bridgehead atoms. The minimum Gasteiger partial charge on any atom is -0.396 e. The van der Waals surface area contributed by atoms with E-state index in [1.165, 1.54) is 4.90 Å². The highest BCUT2D eigenvalue weighted by atomic mass is 32.2. The normalized spacial score (nSPS) is 21.8. The van der Waals surface area contributed by atoms with Crippen molar-refractivity contribution in [3.05, 3.63) is 30.3 Å². The fraction of sp³-hybridized carbons (Fsp3) is 0.600. The van der Waals surface area contributed by atoms with Crippen LogP contribution in [0.15, 0.2) is 35.2 Å². The monoisotopic (exact) mass is 298 g/mol. The zero-order valence-corrected chi connectivity index (χ0v) is 12.9. The van der Waals surface area contributed by atoms with Crippen molar-refractivity contribution in [2.75, 3.05) is 18.1 Å². The molecule has 0 saturated carbocycles. The zero-order chi connectivity index (χ0) is 13.7. The molecular weight excluding hydrogens is 276 g/mol. The van der Waals surface area contributed by atoms with E-state index in [-0.39, 0.29) is 17.3 Å². The summed E-state index contributed by atoms with van der Waals surface area (Å²) in [5.74, 6) is 2.11. The van der Waals surface area contributed by atoms with Crippen LogP contribution in [0.25, 0.3) is 0 Å². The third-order valence-corrected chi connectivity index (χ3v) is 6.32. The minimum atomic E-state index is -0.455. The summed E-state index contributed by atoms with van der Waals surface area (Å²) in [7, 11) is 0. The van der Waals surface area contributed by atoms with Gasteiger partial charge in [-0.1, -0.05) is 25.1 Å². The van der Waals surface area contributed by atoms with Crippen LogP contribution >= 0.6 is 23.5 Å². The molecule has 1 aromatic rings. The molecule has 4 heteroatoms. The van der Waals surface area contributed by atoms with Gasteiger partial charge in [-0.05, 0) is 36.5 Å². The molecule has 1 fully saturated rings. The van der Waals surface area contributed by atoms with E-state index in [1.54, 1.807) is 11.8 Å². The first-order chi connectivity index (χ1) is 9.18. The van der Waals surface area contributed by atoms with Gasteiger partial charge in [0.2, 0.25) is 0 Å². The standard InChI is InChI=1S/C15H22O2S2/c1-12(11-16)14(17)15(7-9-18-10-8-15)19-13-5-3-2-4-6-13/h2-6,12,14,16-17H,7-11H2,1H3/t12-,14+/m1/s1. The smallest absolute Gasteiger partial charge is 0.0738 e. The summed E-state index contributed by atoms with van der Waals surface area (Å²) in [6, 6.07) is 10.3. The SMILES string of the molecule is C[C@H](CO)[C@H](O)C1(Sc2ccccc2)CCSCC1. The van der Waals surface area contributed by atoms with Gasteiger partial charge in [0.1, 0.15) is 0 Å². The molecule has 2 nitrogen and oxygen atoms in total. The molecule has 106 valence electrons. The fourth-order valence-electron chi connectivity index (χ4n) is 2.52. The summed E-state index contributed by atoms with van der Waals surface area (Å²) < 4.78 is -0.144. The molecular formula is C15H22O2S2. The van der Waals surface area contributed by atoms with Crippen molar-refractivity contribution in [1.29, 1.82) is 0 Å². The molecule has 1 aromatic carbocycles. The highest BCUT2D eigenvalue weighted by molar-refractivity contribution is 8.01. The Hall–Kier alpha value is -0.160. The van der Waals surface area contributed by atoms with Gasteiger partial charge in [-0.2, -0.15) is 11.8 Å². The minimum absolute atomic E-state index is 0.0470. The molecule has 1 heterocycles. The predicted octanol–water partition coefficient (Wildman–Crippen LogP) is 3.03. The van der Waals surface area contributed by atoms with Crippen LogP contribution in [0.2, 0.25) is 0 Å². The lowest BCUT2D eigenvalue weighted by Crippen LogP contribution is -2.46. The van der Waals surface area contributed by atoms with Crippen LogP contribution in [0.5, 0.6) is 0 Å². The van der Waals surface area contributed by atoms with Gasteiger partial charge < -0.3 is 10.2 Å². The first-order valence-electron chi connectivity index (χ1n) is 6.79. The van der Waals surface area contributed by atoms with E-state index >= 15 is 0 Å². The Morgan fingerprint density at radius 2 is 1.89 bits per heavy atom. The Kier molecular flexibility index (Phi) is 5.63. The molecule has 1 aliphatic heterocycles. The second-order valence-electron chi connectivity index (χ2n) is 5.20. The quantitative estimate of drug-likeness (QED) is 0.876. The van der Waals surface area contributed by atoms with Crippen LogP contribution in [0.1, 0.15) is 19.8 Å².